The van der Waals surface area contributed by atoms with Crippen molar-refractivity contribution in [2.75, 3.05) is 5.32 Å². The van der Waals surface area contributed by atoms with Crippen LogP contribution in [-0.4, -0.2) is 15.9 Å². The number of aromatic amines is 1. The van der Waals surface area contributed by atoms with Crippen LogP contribution in [0, 0.1) is 26.6 Å². The van der Waals surface area contributed by atoms with Crippen molar-refractivity contribution in [3.8, 4) is 0 Å². The number of rotatable bonds is 5. The van der Waals surface area contributed by atoms with Crippen molar-refractivity contribution in [2.45, 2.75) is 33.9 Å². The summed E-state index contributed by atoms with van der Waals surface area (Å²) in [6, 6.07) is 19.0. The molecule has 1 aromatic heterocycles. The topological polar surface area (TPSA) is 65.2 Å². The molecule has 0 atom stereocenters. The van der Waals surface area contributed by atoms with Crippen molar-refractivity contribution >= 4 is 22.6 Å². The molecule has 0 aliphatic carbocycles. The smallest absolute Gasteiger partial charge is 0.322 e. The number of benzene rings is 3. The summed E-state index contributed by atoms with van der Waals surface area (Å²) in [6.45, 7) is 6.43. The molecule has 0 aliphatic rings. The van der Waals surface area contributed by atoms with Gasteiger partial charge in [0.25, 0.3) is 5.56 Å². The van der Waals surface area contributed by atoms with Crippen LogP contribution in [0.1, 0.15) is 27.8 Å². The number of urea groups is 1. The third-order valence-corrected chi connectivity index (χ3v) is 5.63. The Hall–Kier alpha value is -3.93. The quantitative estimate of drug-likeness (QED) is 0.408. The Morgan fingerprint density at radius 3 is 2.30 bits per heavy atom. The summed E-state index contributed by atoms with van der Waals surface area (Å²) in [7, 11) is 0. The van der Waals surface area contributed by atoms with E-state index in [2.05, 4.69) is 16.4 Å². The highest BCUT2D eigenvalue weighted by Crippen LogP contribution is 2.20. The SMILES string of the molecule is Cc1ccc(CN(Cc2cc3c(C)cc(C)cc3[nH]c2=O)C(=O)Nc2ccc(F)cc2)cc1. The zero-order chi connectivity index (χ0) is 23.5. The summed E-state index contributed by atoms with van der Waals surface area (Å²) in [5.41, 5.74) is 5.73. The Labute approximate surface area is 191 Å². The number of nitrogens with one attached hydrogen (secondary N) is 2. The molecule has 0 aliphatic heterocycles. The summed E-state index contributed by atoms with van der Waals surface area (Å²) in [5.74, 6) is -0.377. The van der Waals surface area contributed by atoms with Crippen molar-refractivity contribution in [1.29, 1.82) is 0 Å². The minimum absolute atomic E-state index is 0.124. The Balaban J connectivity index is 1.67. The normalized spacial score (nSPS) is 10.9. The van der Waals surface area contributed by atoms with Gasteiger partial charge in [0.05, 0.1) is 6.54 Å². The molecule has 0 saturated carbocycles. The van der Waals surface area contributed by atoms with Crippen molar-refractivity contribution < 1.29 is 9.18 Å². The number of hydrogen-bond donors (Lipinski definition) is 2. The molecule has 168 valence electrons. The van der Waals surface area contributed by atoms with Crippen molar-refractivity contribution in [2.24, 2.45) is 0 Å². The van der Waals surface area contributed by atoms with E-state index in [9.17, 15) is 14.0 Å². The van der Waals surface area contributed by atoms with Gasteiger partial charge in [-0.2, -0.15) is 0 Å². The van der Waals surface area contributed by atoms with E-state index in [0.717, 1.165) is 33.2 Å². The van der Waals surface area contributed by atoms with Crippen LogP contribution < -0.4 is 10.9 Å². The van der Waals surface area contributed by atoms with Gasteiger partial charge in [0, 0.05) is 28.7 Å². The van der Waals surface area contributed by atoms with Crippen molar-refractivity contribution in [3.63, 3.8) is 0 Å². The van der Waals surface area contributed by atoms with Crippen LogP contribution in [0.15, 0.2) is 71.5 Å². The van der Waals surface area contributed by atoms with Crippen LogP contribution in [0.5, 0.6) is 0 Å². The third kappa shape index (κ3) is 5.29. The molecule has 2 amide bonds. The second-order valence-electron chi connectivity index (χ2n) is 8.45. The summed E-state index contributed by atoms with van der Waals surface area (Å²) in [6.07, 6.45) is 0. The molecule has 0 saturated heterocycles. The number of amides is 2. The van der Waals surface area contributed by atoms with Gasteiger partial charge in [-0.1, -0.05) is 35.9 Å². The van der Waals surface area contributed by atoms with Gasteiger partial charge in [-0.3, -0.25) is 4.79 Å². The number of aromatic nitrogens is 1. The Kier molecular flexibility index (Phi) is 6.27. The second kappa shape index (κ2) is 9.28. The Morgan fingerprint density at radius 1 is 0.909 bits per heavy atom. The molecule has 3 aromatic carbocycles. The monoisotopic (exact) mass is 443 g/mol. The number of carbonyl (C=O) groups is 1. The molecule has 5 nitrogen and oxygen atoms in total. The maximum atomic E-state index is 13.3. The largest absolute Gasteiger partial charge is 0.322 e. The number of carbonyl (C=O) groups excluding carboxylic acids is 1. The molecule has 2 N–H and O–H groups in total. The van der Waals surface area contributed by atoms with E-state index in [-0.39, 0.29) is 24.0 Å². The average molecular weight is 444 g/mol. The Morgan fingerprint density at radius 2 is 1.61 bits per heavy atom. The van der Waals surface area contributed by atoms with Gasteiger partial charge < -0.3 is 15.2 Å². The zero-order valence-corrected chi connectivity index (χ0v) is 18.9. The number of anilines is 1. The summed E-state index contributed by atoms with van der Waals surface area (Å²) in [5, 5.41) is 3.75. The van der Waals surface area contributed by atoms with Gasteiger partial charge in [0.1, 0.15) is 5.82 Å². The van der Waals surface area contributed by atoms with E-state index in [1.54, 1.807) is 4.90 Å². The first-order valence-corrected chi connectivity index (χ1v) is 10.8. The number of hydrogen-bond acceptors (Lipinski definition) is 2. The van der Waals surface area contributed by atoms with E-state index < -0.39 is 0 Å². The van der Waals surface area contributed by atoms with Crippen LogP contribution in [-0.2, 0) is 13.1 Å². The first-order chi connectivity index (χ1) is 15.8. The molecule has 6 heteroatoms. The zero-order valence-electron chi connectivity index (χ0n) is 18.9. The molecule has 0 radical (unpaired) electrons. The number of fused-ring (bicyclic) bond motifs is 1. The molecule has 0 spiro atoms. The van der Waals surface area contributed by atoms with Crippen LogP contribution in [0.25, 0.3) is 10.9 Å². The van der Waals surface area contributed by atoms with E-state index in [0.29, 0.717) is 17.8 Å². The minimum Gasteiger partial charge on any atom is -0.322 e. The van der Waals surface area contributed by atoms with Crippen LogP contribution in [0.2, 0.25) is 0 Å². The lowest BCUT2D eigenvalue weighted by Gasteiger charge is -2.23. The predicted octanol–water partition coefficient (Wildman–Crippen LogP) is 5.83. The molecule has 4 rings (SSSR count). The molecule has 0 fully saturated rings. The molecule has 4 aromatic rings. The van der Waals surface area contributed by atoms with Crippen LogP contribution in [0.3, 0.4) is 0 Å². The number of halogens is 1. The molecule has 33 heavy (non-hydrogen) atoms. The fourth-order valence-corrected chi connectivity index (χ4v) is 3.89. The van der Waals surface area contributed by atoms with Gasteiger partial charge in [0.2, 0.25) is 0 Å². The first-order valence-electron chi connectivity index (χ1n) is 10.8. The van der Waals surface area contributed by atoms with Gasteiger partial charge >= 0.3 is 6.03 Å². The fourth-order valence-electron chi connectivity index (χ4n) is 3.89. The van der Waals surface area contributed by atoms with E-state index >= 15 is 0 Å². The van der Waals surface area contributed by atoms with Crippen molar-refractivity contribution in [1.82, 2.24) is 9.88 Å². The lowest BCUT2D eigenvalue weighted by atomic mass is 10.0. The number of H-pyrrole nitrogens is 1. The summed E-state index contributed by atoms with van der Waals surface area (Å²) in [4.78, 5) is 30.6. The van der Waals surface area contributed by atoms with Gasteiger partial charge in [-0.05, 0) is 73.9 Å². The van der Waals surface area contributed by atoms with E-state index in [4.69, 9.17) is 0 Å². The van der Waals surface area contributed by atoms with E-state index in [1.165, 1.54) is 24.3 Å². The van der Waals surface area contributed by atoms with Crippen LogP contribution >= 0.6 is 0 Å². The highest BCUT2D eigenvalue weighted by molar-refractivity contribution is 5.89. The highest BCUT2D eigenvalue weighted by Gasteiger charge is 2.18. The molecule has 1 heterocycles. The van der Waals surface area contributed by atoms with Gasteiger partial charge in [-0.25, -0.2) is 9.18 Å². The third-order valence-electron chi connectivity index (χ3n) is 5.63. The second-order valence-corrected chi connectivity index (χ2v) is 8.45. The van der Waals surface area contributed by atoms with E-state index in [1.807, 2.05) is 57.2 Å². The maximum absolute atomic E-state index is 13.3. The lowest BCUT2D eigenvalue weighted by Crippen LogP contribution is -2.35. The van der Waals surface area contributed by atoms with Gasteiger partial charge in [0.15, 0.2) is 0 Å². The molecule has 0 unspecified atom stereocenters. The minimum atomic E-state index is -0.377. The average Bonchev–Trinajstić information content (AvgIpc) is 2.77. The van der Waals surface area contributed by atoms with Crippen molar-refractivity contribution in [3.05, 3.63) is 111 Å². The van der Waals surface area contributed by atoms with Crippen LogP contribution in [0.4, 0.5) is 14.9 Å². The summed E-state index contributed by atoms with van der Waals surface area (Å²) >= 11 is 0. The lowest BCUT2D eigenvalue weighted by molar-refractivity contribution is 0.206. The molecular weight excluding hydrogens is 417 g/mol. The summed E-state index contributed by atoms with van der Waals surface area (Å²) < 4.78 is 13.3. The fraction of sp³-hybridized carbons (Fsp3) is 0.185. The highest BCUT2D eigenvalue weighted by atomic mass is 19.1. The standard InChI is InChI=1S/C27H26FN3O2/c1-17-4-6-20(7-5-17)15-31(27(33)29-23-10-8-22(28)9-11-23)16-21-14-24-19(3)12-18(2)13-25(24)30-26(21)32/h4-14H,15-16H2,1-3H3,(H,29,33)(H,30,32). The first kappa shape index (κ1) is 22.3. The maximum Gasteiger partial charge on any atom is 0.322 e. The molecule has 0 bridgehead atoms. The number of aryl methyl sites for hydroxylation is 3. The number of nitrogens with zero attached hydrogens (tertiary/aromatic N) is 1. The Bertz CT molecular complexity index is 1360. The molecular formula is C27H26FN3O2. The number of pyridine rings is 1. The van der Waals surface area contributed by atoms with Gasteiger partial charge in [-0.15, -0.1) is 0 Å². The predicted molar refractivity (Wildman–Crippen MR) is 130 cm³/mol.